The van der Waals surface area contributed by atoms with Crippen LogP contribution in [0.15, 0.2) is 36.4 Å². The molecule has 2 amide bonds. The zero-order valence-electron chi connectivity index (χ0n) is 15.6. The maximum absolute atomic E-state index is 13.2. The summed E-state index contributed by atoms with van der Waals surface area (Å²) in [6.45, 7) is 1.49. The summed E-state index contributed by atoms with van der Waals surface area (Å²) in [7, 11) is 3.06. The molecule has 0 saturated carbocycles. The summed E-state index contributed by atoms with van der Waals surface area (Å²) in [5.41, 5.74) is 0.532. The highest BCUT2D eigenvalue weighted by Gasteiger charge is 2.21. The first-order chi connectivity index (χ1) is 13.2. The van der Waals surface area contributed by atoms with Gasteiger partial charge in [0.2, 0.25) is 11.8 Å². The molecule has 28 heavy (non-hydrogen) atoms. The van der Waals surface area contributed by atoms with E-state index in [-0.39, 0.29) is 18.1 Å². The lowest BCUT2D eigenvalue weighted by Crippen LogP contribution is -2.43. The lowest BCUT2D eigenvalue weighted by molar-refractivity contribution is -0.122. The highest BCUT2D eigenvalue weighted by molar-refractivity contribution is 6.31. The van der Waals surface area contributed by atoms with Crippen molar-refractivity contribution >= 4 is 34.8 Å². The van der Waals surface area contributed by atoms with E-state index in [1.54, 1.807) is 32.2 Å². The molecule has 0 aliphatic rings. The number of carbonyl (C=O) groups excluding carboxylic acids is 2. The highest BCUT2D eigenvalue weighted by atomic mass is 35.5. The molecule has 2 rings (SSSR count). The molecule has 150 valence electrons. The first-order valence-corrected chi connectivity index (χ1v) is 8.68. The van der Waals surface area contributed by atoms with Crippen molar-refractivity contribution in [2.24, 2.45) is 0 Å². The van der Waals surface area contributed by atoms with Crippen molar-refractivity contribution in [3.8, 4) is 5.75 Å². The zero-order valence-corrected chi connectivity index (χ0v) is 16.3. The number of methoxy groups -OCH3 is 1. The summed E-state index contributed by atoms with van der Waals surface area (Å²) < 4.78 is 31.4. The van der Waals surface area contributed by atoms with Gasteiger partial charge in [0.15, 0.2) is 11.6 Å². The Hall–Kier alpha value is -2.71. The molecule has 0 fully saturated rings. The van der Waals surface area contributed by atoms with Crippen LogP contribution in [0.2, 0.25) is 5.02 Å². The van der Waals surface area contributed by atoms with Gasteiger partial charge in [-0.3, -0.25) is 14.5 Å². The third kappa shape index (κ3) is 5.64. The first kappa shape index (κ1) is 21.6. The van der Waals surface area contributed by atoms with Gasteiger partial charge in [0, 0.05) is 16.8 Å². The largest absolute Gasteiger partial charge is 0.495 e. The average molecular weight is 412 g/mol. The molecule has 0 spiro atoms. The van der Waals surface area contributed by atoms with Gasteiger partial charge in [0.1, 0.15) is 5.75 Å². The highest BCUT2D eigenvalue weighted by Crippen LogP contribution is 2.27. The van der Waals surface area contributed by atoms with Crippen molar-refractivity contribution in [2.75, 3.05) is 31.3 Å². The van der Waals surface area contributed by atoms with Crippen LogP contribution in [-0.4, -0.2) is 43.5 Å². The maximum atomic E-state index is 13.2. The lowest BCUT2D eigenvalue weighted by atomic mass is 10.2. The molecule has 1 atom stereocenters. The van der Waals surface area contributed by atoms with E-state index < -0.39 is 23.6 Å². The molecule has 0 bridgehead atoms. The summed E-state index contributed by atoms with van der Waals surface area (Å²) in [5, 5.41) is 5.59. The molecule has 2 N–H and O–H groups in total. The summed E-state index contributed by atoms with van der Waals surface area (Å²) in [6, 6.07) is 7.16. The summed E-state index contributed by atoms with van der Waals surface area (Å²) in [5.74, 6) is -2.47. The average Bonchev–Trinajstić information content (AvgIpc) is 2.64. The first-order valence-electron chi connectivity index (χ1n) is 8.30. The van der Waals surface area contributed by atoms with Crippen LogP contribution in [0.4, 0.5) is 20.2 Å². The van der Waals surface area contributed by atoms with Crippen LogP contribution in [0, 0.1) is 11.6 Å². The van der Waals surface area contributed by atoms with Crippen molar-refractivity contribution in [3.05, 3.63) is 53.1 Å². The van der Waals surface area contributed by atoms with E-state index in [1.165, 1.54) is 18.1 Å². The Morgan fingerprint density at radius 1 is 1.14 bits per heavy atom. The fourth-order valence-electron chi connectivity index (χ4n) is 2.35. The topological polar surface area (TPSA) is 70.7 Å². The van der Waals surface area contributed by atoms with Crippen molar-refractivity contribution < 1.29 is 23.1 Å². The number of benzene rings is 2. The van der Waals surface area contributed by atoms with Crippen LogP contribution in [0.3, 0.4) is 0 Å². The standard InChI is InChI=1S/C19H20ClF2N3O3/c1-11(19(27)23-13-5-6-14(21)15(22)9-13)25(2)10-18(26)24-16-8-12(20)4-7-17(16)28-3/h4-9,11H,10H2,1-3H3,(H,23,27)(H,24,26). The minimum absolute atomic E-state index is 0.0952. The molecular weight excluding hydrogens is 392 g/mol. The van der Waals surface area contributed by atoms with E-state index in [4.69, 9.17) is 16.3 Å². The maximum Gasteiger partial charge on any atom is 0.241 e. The Morgan fingerprint density at radius 3 is 2.50 bits per heavy atom. The number of likely N-dealkylation sites (N-methyl/N-ethyl adjacent to an activating group) is 1. The van der Waals surface area contributed by atoms with Gasteiger partial charge in [-0.05, 0) is 44.3 Å². The Kier molecular flexibility index (Phi) is 7.31. The smallest absolute Gasteiger partial charge is 0.241 e. The summed E-state index contributed by atoms with van der Waals surface area (Å²) in [4.78, 5) is 26.1. The quantitative estimate of drug-likeness (QED) is 0.731. The fraction of sp³-hybridized carbons (Fsp3) is 0.263. The number of halogens is 3. The van der Waals surface area contributed by atoms with Crippen LogP contribution in [0.25, 0.3) is 0 Å². The predicted molar refractivity (Wildman–Crippen MR) is 104 cm³/mol. The molecule has 0 saturated heterocycles. The van der Waals surface area contributed by atoms with Crippen LogP contribution in [-0.2, 0) is 9.59 Å². The van der Waals surface area contributed by atoms with Gasteiger partial charge in [0.05, 0.1) is 25.4 Å². The lowest BCUT2D eigenvalue weighted by Gasteiger charge is -2.23. The number of amides is 2. The molecule has 9 heteroatoms. The molecule has 2 aromatic rings. The molecule has 1 unspecified atom stereocenters. The second-order valence-electron chi connectivity index (χ2n) is 6.10. The molecule has 0 radical (unpaired) electrons. The van der Waals surface area contributed by atoms with E-state index >= 15 is 0 Å². The molecule has 0 aliphatic heterocycles. The third-order valence-electron chi connectivity index (χ3n) is 4.06. The van der Waals surface area contributed by atoms with E-state index in [2.05, 4.69) is 10.6 Å². The molecule has 0 aliphatic carbocycles. The summed E-state index contributed by atoms with van der Waals surface area (Å²) >= 11 is 5.93. The molecule has 2 aromatic carbocycles. The number of nitrogens with one attached hydrogen (secondary N) is 2. The van der Waals surface area contributed by atoms with Crippen molar-refractivity contribution in [3.63, 3.8) is 0 Å². The third-order valence-corrected chi connectivity index (χ3v) is 4.29. The second kappa shape index (κ2) is 9.48. The van der Waals surface area contributed by atoms with Crippen LogP contribution < -0.4 is 15.4 Å². The van der Waals surface area contributed by atoms with Gasteiger partial charge >= 0.3 is 0 Å². The van der Waals surface area contributed by atoms with Crippen molar-refractivity contribution in [2.45, 2.75) is 13.0 Å². The number of rotatable bonds is 7. The van der Waals surface area contributed by atoms with Gasteiger partial charge in [0.25, 0.3) is 0 Å². The Morgan fingerprint density at radius 2 is 1.86 bits per heavy atom. The fourth-order valence-corrected chi connectivity index (χ4v) is 2.52. The molecule has 0 aromatic heterocycles. The van der Waals surface area contributed by atoms with Gasteiger partial charge in [-0.2, -0.15) is 0 Å². The molecule has 0 heterocycles. The van der Waals surface area contributed by atoms with E-state index in [1.807, 2.05) is 0 Å². The van der Waals surface area contributed by atoms with Gasteiger partial charge in [-0.25, -0.2) is 8.78 Å². The minimum Gasteiger partial charge on any atom is -0.495 e. The van der Waals surface area contributed by atoms with E-state index in [0.717, 1.165) is 12.1 Å². The number of anilines is 2. The minimum atomic E-state index is -1.06. The Bertz CT molecular complexity index is 879. The van der Waals surface area contributed by atoms with Gasteiger partial charge in [-0.1, -0.05) is 11.6 Å². The van der Waals surface area contributed by atoms with Gasteiger partial charge in [-0.15, -0.1) is 0 Å². The van der Waals surface area contributed by atoms with Crippen LogP contribution in [0.5, 0.6) is 5.75 Å². The van der Waals surface area contributed by atoms with E-state index in [0.29, 0.717) is 16.5 Å². The molecular formula is C19H20ClF2N3O3. The molecule has 6 nitrogen and oxygen atoms in total. The van der Waals surface area contributed by atoms with Crippen molar-refractivity contribution in [1.29, 1.82) is 0 Å². The number of carbonyl (C=O) groups is 2. The number of nitrogens with zero attached hydrogens (tertiary/aromatic N) is 1. The monoisotopic (exact) mass is 411 g/mol. The normalized spacial score (nSPS) is 11.8. The SMILES string of the molecule is COc1ccc(Cl)cc1NC(=O)CN(C)C(C)C(=O)Nc1ccc(F)c(F)c1. The van der Waals surface area contributed by atoms with Crippen molar-refractivity contribution in [1.82, 2.24) is 4.90 Å². The van der Waals surface area contributed by atoms with Gasteiger partial charge < -0.3 is 15.4 Å². The Balaban J connectivity index is 1.96. The van der Waals surface area contributed by atoms with Crippen LogP contribution >= 0.6 is 11.6 Å². The zero-order chi connectivity index (χ0) is 20.8. The second-order valence-corrected chi connectivity index (χ2v) is 6.54. The number of hydrogen-bond donors (Lipinski definition) is 2. The van der Waals surface area contributed by atoms with Crippen LogP contribution in [0.1, 0.15) is 6.92 Å². The number of hydrogen-bond acceptors (Lipinski definition) is 4. The van der Waals surface area contributed by atoms with E-state index in [9.17, 15) is 18.4 Å². The Labute approximate surface area is 166 Å². The predicted octanol–water partition coefficient (Wildman–Crippen LogP) is 3.52. The number of ether oxygens (including phenoxy) is 1. The summed E-state index contributed by atoms with van der Waals surface area (Å²) in [6.07, 6.45) is 0.